The van der Waals surface area contributed by atoms with E-state index in [2.05, 4.69) is 79.9 Å². The van der Waals surface area contributed by atoms with Crippen LogP contribution in [0.3, 0.4) is 0 Å². The van der Waals surface area contributed by atoms with Gasteiger partial charge in [-0.3, -0.25) is 4.79 Å². The van der Waals surface area contributed by atoms with E-state index in [0.29, 0.717) is 19.3 Å². The maximum atomic E-state index is 13.4. The lowest BCUT2D eigenvalue weighted by atomic mass is 9.97. The average molecular weight is 1290 g/mol. The zero-order valence-electron chi connectivity index (χ0n) is 58.1. The van der Waals surface area contributed by atoms with Crippen LogP contribution >= 0.6 is 0 Å². The van der Waals surface area contributed by atoms with Crippen molar-refractivity contribution in [3.8, 4) is 0 Å². The van der Waals surface area contributed by atoms with Crippen LogP contribution in [-0.2, 0) is 23.7 Å². The molecule has 2 fully saturated rings. The van der Waals surface area contributed by atoms with Crippen molar-refractivity contribution in [1.29, 1.82) is 0 Å². The minimum atomic E-state index is -1.79. The summed E-state index contributed by atoms with van der Waals surface area (Å²) in [5, 5.41) is 87.8. The SMILES string of the molecule is CC/C=C\C/C=C\C/C=C\C/C=C\C/C=C\CCCCCCCCCCCC(=O)NC(COC1OC(CO)C(OC2OC(CO)C(O)C(O)C2O)C(O)C1O)C(O)CCCCCCCCCCCCCCCCCCCCCCCCCCCCCCCCCC. The number of aliphatic hydroxyl groups excluding tert-OH is 8. The van der Waals surface area contributed by atoms with Crippen molar-refractivity contribution >= 4 is 5.91 Å². The number of hydrogen-bond acceptors (Lipinski definition) is 13. The Morgan fingerprint density at radius 2 is 0.758 bits per heavy atom. The Balaban J connectivity index is 1.63. The van der Waals surface area contributed by atoms with E-state index in [1.807, 2.05) is 0 Å². The van der Waals surface area contributed by atoms with Gasteiger partial charge in [0.25, 0.3) is 0 Å². The number of unbranched alkanes of at least 4 members (excludes halogenated alkanes) is 40. The van der Waals surface area contributed by atoms with Crippen molar-refractivity contribution < 1.29 is 64.6 Å². The van der Waals surface area contributed by atoms with Crippen LogP contribution < -0.4 is 5.32 Å². The minimum Gasteiger partial charge on any atom is -0.394 e. The van der Waals surface area contributed by atoms with Crippen molar-refractivity contribution in [1.82, 2.24) is 5.32 Å². The molecule has 0 radical (unpaired) electrons. The number of rotatable bonds is 63. The molecule has 14 heteroatoms. The molecule has 0 saturated carbocycles. The Bertz CT molecular complexity index is 1760. The third-order valence-electron chi connectivity index (χ3n) is 18.5. The Hall–Kier alpha value is -2.31. The van der Waals surface area contributed by atoms with Gasteiger partial charge >= 0.3 is 0 Å². The van der Waals surface area contributed by atoms with Crippen molar-refractivity contribution in [2.75, 3.05) is 19.8 Å². The van der Waals surface area contributed by atoms with E-state index in [9.17, 15) is 45.6 Å². The number of aliphatic hydroxyl groups is 8. The van der Waals surface area contributed by atoms with Gasteiger partial charge in [0.1, 0.15) is 48.8 Å². The molecule has 12 unspecified atom stereocenters. The summed E-state index contributed by atoms with van der Waals surface area (Å²) in [6.07, 6.45) is 65.3. The largest absolute Gasteiger partial charge is 0.394 e. The second-order valence-electron chi connectivity index (χ2n) is 26.8. The molecule has 0 aromatic heterocycles. The molecule has 2 saturated heterocycles. The smallest absolute Gasteiger partial charge is 0.220 e. The van der Waals surface area contributed by atoms with Gasteiger partial charge in [0, 0.05) is 6.42 Å². The maximum absolute atomic E-state index is 13.4. The number of carbonyl (C=O) groups is 1. The molecule has 0 aromatic carbocycles. The summed E-state index contributed by atoms with van der Waals surface area (Å²) < 4.78 is 23.0. The second kappa shape index (κ2) is 61.3. The third-order valence-corrected chi connectivity index (χ3v) is 18.5. The highest BCUT2D eigenvalue weighted by Crippen LogP contribution is 2.30. The Morgan fingerprint density at radius 1 is 0.407 bits per heavy atom. The van der Waals surface area contributed by atoms with E-state index < -0.39 is 86.8 Å². The molecule has 2 heterocycles. The Morgan fingerprint density at radius 3 is 1.16 bits per heavy atom. The molecule has 0 aliphatic carbocycles. The fourth-order valence-electron chi connectivity index (χ4n) is 12.5. The Kier molecular flexibility index (Phi) is 57.1. The van der Waals surface area contributed by atoms with Gasteiger partial charge in [-0.15, -0.1) is 0 Å². The van der Waals surface area contributed by atoms with Crippen LogP contribution in [0.2, 0.25) is 0 Å². The molecule has 91 heavy (non-hydrogen) atoms. The zero-order chi connectivity index (χ0) is 65.9. The average Bonchev–Trinajstić information content (AvgIpc) is 1.15. The van der Waals surface area contributed by atoms with Gasteiger partial charge in [0.05, 0.1) is 32.0 Å². The van der Waals surface area contributed by atoms with Crippen LogP contribution in [0.5, 0.6) is 0 Å². The van der Waals surface area contributed by atoms with Gasteiger partial charge in [-0.25, -0.2) is 0 Å². The molecule has 0 aromatic rings. The summed E-state index contributed by atoms with van der Waals surface area (Å²) in [5.74, 6) is -0.211. The van der Waals surface area contributed by atoms with Crippen molar-refractivity contribution in [2.24, 2.45) is 0 Å². The van der Waals surface area contributed by atoms with E-state index in [1.165, 1.54) is 212 Å². The Labute approximate surface area is 556 Å². The van der Waals surface area contributed by atoms with Crippen LogP contribution in [0, 0.1) is 0 Å². The van der Waals surface area contributed by atoms with Crippen LogP contribution in [0.1, 0.15) is 328 Å². The summed E-state index contributed by atoms with van der Waals surface area (Å²) in [6.45, 7) is 2.79. The number of ether oxygens (including phenoxy) is 4. The van der Waals surface area contributed by atoms with Gasteiger partial charge in [-0.2, -0.15) is 0 Å². The van der Waals surface area contributed by atoms with E-state index in [1.54, 1.807) is 0 Å². The normalized spacial score (nSPS) is 23.1. The number of hydrogen-bond donors (Lipinski definition) is 9. The first-order valence-corrected chi connectivity index (χ1v) is 38.0. The molecule has 14 nitrogen and oxygen atoms in total. The molecule has 12 atom stereocenters. The summed E-state index contributed by atoms with van der Waals surface area (Å²) in [7, 11) is 0. The second-order valence-corrected chi connectivity index (χ2v) is 26.8. The van der Waals surface area contributed by atoms with E-state index in [-0.39, 0.29) is 12.5 Å². The maximum Gasteiger partial charge on any atom is 0.220 e. The molecule has 9 N–H and O–H groups in total. The van der Waals surface area contributed by atoms with Gasteiger partial charge < -0.3 is 65.1 Å². The van der Waals surface area contributed by atoms with Crippen molar-refractivity contribution in [2.45, 2.75) is 402 Å². The third kappa shape index (κ3) is 44.9. The quantitative estimate of drug-likeness (QED) is 0.0204. The number of carbonyl (C=O) groups excluding carboxylic acids is 1. The fraction of sp³-hybridized carbons (Fsp3) is 0.857. The van der Waals surface area contributed by atoms with Crippen LogP contribution in [0.25, 0.3) is 0 Å². The summed E-state index contributed by atoms with van der Waals surface area (Å²) >= 11 is 0. The van der Waals surface area contributed by atoms with E-state index in [0.717, 1.165) is 83.5 Å². The molecule has 0 spiro atoms. The van der Waals surface area contributed by atoms with Gasteiger partial charge in [0.2, 0.25) is 5.91 Å². The highest BCUT2D eigenvalue weighted by molar-refractivity contribution is 5.76. The van der Waals surface area contributed by atoms with Crippen LogP contribution in [-0.4, -0.2) is 140 Å². The predicted octanol–water partition coefficient (Wildman–Crippen LogP) is 16.4. The lowest BCUT2D eigenvalue weighted by molar-refractivity contribution is -0.359. The highest BCUT2D eigenvalue weighted by Gasteiger charge is 2.51. The molecule has 0 bridgehead atoms. The van der Waals surface area contributed by atoms with Crippen molar-refractivity contribution in [3.63, 3.8) is 0 Å². The van der Waals surface area contributed by atoms with E-state index in [4.69, 9.17) is 18.9 Å². The molecule has 2 aliphatic rings. The lowest BCUT2D eigenvalue weighted by Crippen LogP contribution is -2.65. The first-order valence-electron chi connectivity index (χ1n) is 38.0. The number of allylic oxidation sites excluding steroid dienone is 10. The predicted molar refractivity (Wildman–Crippen MR) is 374 cm³/mol. The minimum absolute atomic E-state index is 0.211. The number of nitrogens with one attached hydrogen (secondary N) is 1. The summed E-state index contributed by atoms with van der Waals surface area (Å²) in [6, 6.07) is -0.837. The van der Waals surface area contributed by atoms with Crippen LogP contribution in [0.4, 0.5) is 0 Å². The first kappa shape index (κ1) is 84.8. The topological polar surface area (TPSA) is 228 Å². The fourth-order valence-corrected chi connectivity index (χ4v) is 12.5. The number of amides is 1. The van der Waals surface area contributed by atoms with Gasteiger partial charge in [0.15, 0.2) is 12.6 Å². The molecule has 2 aliphatic heterocycles. The van der Waals surface area contributed by atoms with Gasteiger partial charge in [-0.1, -0.05) is 325 Å². The molecule has 532 valence electrons. The monoisotopic (exact) mass is 1290 g/mol. The summed E-state index contributed by atoms with van der Waals surface area (Å²) in [5.41, 5.74) is 0. The molecular weight excluding hydrogens is 1150 g/mol. The van der Waals surface area contributed by atoms with Crippen LogP contribution in [0.15, 0.2) is 60.8 Å². The van der Waals surface area contributed by atoms with E-state index >= 15 is 0 Å². The molecular formula is C77H141NO13. The first-order chi connectivity index (χ1) is 44.6. The molecule has 2 rings (SSSR count). The standard InChI is InChI=1S/C77H141NO13/c1-3-5-7-9-11-13-15-17-19-21-23-25-27-29-30-31-32-33-34-35-37-38-40-42-44-46-48-50-52-54-56-58-60-66(81)65(64-88-76-74(87)72(85)75(68(63-80)90-76)91-77-73(86)71(84)70(83)67(62-79)89-77)78-69(82)61-59-57-55-53-51-49-47-45-43-41-39-36-28-26-24-22-20-18-16-14-12-10-8-6-4-2/h6,8,12,14,18,20,24,26,36,39,65-68,70-77,79-81,83-87H,3-5,7,9-11,13,15-17,19,21-23,25,27-35,37-38,40-64H2,1-2H3,(H,78,82)/b8-6-,14-12-,20-18-,26-24-,39-36-. The lowest BCUT2D eigenvalue weighted by Gasteiger charge is -2.46. The zero-order valence-corrected chi connectivity index (χ0v) is 58.1. The van der Waals surface area contributed by atoms with Gasteiger partial charge in [-0.05, 0) is 57.8 Å². The highest BCUT2D eigenvalue weighted by atomic mass is 16.7. The molecule has 1 amide bonds. The van der Waals surface area contributed by atoms with Crippen molar-refractivity contribution in [3.05, 3.63) is 60.8 Å². The summed E-state index contributed by atoms with van der Waals surface area (Å²) in [4.78, 5) is 13.4.